The van der Waals surface area contributed by atoms with E-state index in [0.29, 0.717) is 16.5 Å². The van der Waals surface area contributed by atoms with Gasteiger partial charge in [-0.05, 0) is 38.0 Å². The maximum absolute atomic E-state index is 11.3. The number of ketones is 2. The van der Waals surface area contributed by atoms with Gasteiger partial charge in [0.2, 0.25) is 0 Å². The summed E-state index contributed by atoms with van der Waals surface area (Å²) < 4.78 is 0. The van der Waals surface area contributed by atoms with Gasteiger partial charge in [0.1, 0.15) is 11.6 Å². The van der Waals surface area contributed by atoms with Crippen LogP contribution in [0.1, 0.15) is 19.4 Å². The van der Waals surface area contributed by atoms with Crippen molar-refractivity contribution in [1.82, 2.24) is 0 Å². The molecule has 0 aromatic heterocycles. The molecule has 0 spiro atoms. The lowest BCUT2D eigenvalue weighted by Gasteiger charge is -2.11. The Bertz CT molecular complexity index is 413. The molecule has 0 saturated carbocycles. The van der Waals surface area contributed by atoms with E-state index >= 15 is 0 Å². The highest BCUT2D eigenvalue weighted by molar-refractivity contribution is 6.35. The topological polar surface area (TPSA) is 34.1 Å². The van der Waals surface area contributed by atoms with E-state index in [1.807, 2.05) is 0 Å². The van der Waals surface area contributed by atoms with Crippen LogP contribution in [0.3, 0.4) is 0 Å². The smallest absolute Gasteiger partial charge is 0.140 e. The van der Waals surface area contributed by atoms with E-state index in [1.165, 1.54) is 13.8 Å². The Kier molecular flexibility index (Phi) is 4.51. The van der Waals surface area contributed by atoms with Crippen molar-refractivity contribution in [2.45, 2.75) is 20.3 Å². The van der Waals surface area contributed by atoms with Gasteiger partial charge in [-0.25, -0.2) is 0 Å². The van der Waals surface area contributed by atoms with Gasteiger partial charge in [0.15, 0.2) is 0 Å². The second-order valence-electron chi connectivity index (χ2n) is 3.71. The molecule has 0 heterocycles. The maximum atomic E-state index is 11.3. The molecule has 0 aliphatic carbocycles. The fourth-order valence-electron chi connectivity index (χ4n) is 1.48. The maximum Gasteiger partial charge on any atom is 0.140 e. The zero-order chi connectivity index (χ0) is 12.3. The Balaban J connectivity index is 2.94. The molecule has 0 bridgehead atoms. The molecule has 0 unspecified atom stereocenters. The standard InChI is InChI=1S/C12H12Cl2O2/c1-7(15)11(8(2)16)5-9-3-4-10(13)6-12(9)14/h3-4,6,11H,5H2,1-2H3. The van der Waals surface area contributed by atoms with Crippen molar-refractivity contribution in [3.05, 3.63) is 33.8 Å². The van der Waals surface area contributed by atoms with E-state index in [0.717, 1.165) is 5.56 Å². The average molecular weight is 259 g/mol. The predicted octanol–water partition coefficient (Wildman–Crippen LogP) is 3.33. The highest BCUT2D eigenvalue weighted by atomic mass is 35.5. The number of hydrogen-bond acceptors (Lipinski definition) is 2. The van der Waals surface area contributed by atoms with Gasteiger partial charge in [0.05, 0.1) is 5.92 Å². The number of carbonyl (C=O) groups is 2. The van der Waals surface area contributed by atoms with Crippen LogP contribution in [0.4, 0.5) is 0 Å². The predicted molar refractivity (Wildman–Crippen MR) is 65.0 cm³/mol. The molecule has 0 aliphatic heterocycles. The largest absolute Gasteiger partial charge is 0.299 e. The molecule has 0 N–H and O–H groups in total. The Morgan fingerprint density at radius 3 is 2.19 bits per heavy atom. The Morgan fingerprint density at radius 2 is 1.75 bits per heavy atom. The molecule has 86 valence electrons. The normalized spacial score (nSPS) is 10.6. The van der Waals surface area contributed by atoms with Crippen molar-refractivity contribution < 1.29 is 9.59 Å². The first-order valence-electron chi connectivity index (χ1n) is 4.86. The monoisotopic (exact) mass is 258 g/mol. The molecule has 1 aromatic carbocycles. The average Bonchev–Trinajstić information content (AvgIpc) is 2.15. The van der Waals surface area contributed by atoms with Crippen molar-refractivity contribution in [1.29, 1.82) is 0 Å². The molecule has 0 saturated heterocycles. The van der Waals surface area contributed by atoms with Gasteiger partial charge < -0.3 is 0 Å². The minimum atomic E-state index is -0.612. The molecule has 0 atom stereocenters. The molecule has 0 fully saturated rings. The lowest BCUT2D eigenvalue weighted by molar-refractivity contribution is -0.130. The van der Waals surface area contributed by atoms with E-state index in [-0.39, 0.29) is 11.6 Å². The van der Waals surface area contributed by atoms with Crippen LogP contribution in [-0.4, -0.2) is 11.6 Å². The summed E-state index contributed by atoms with van der Waals surface area (Å²) in [6.45, 7) is 2.83. The van der Waals surface area contributed by atoms with Gasteiger partial charge in [0.25, 0.3) is 0 Å². The molecule has 4 heteroatoms. The van der Waals surface area contributed by atoms with Gasteiger partial charge >= 0.3 is 0 Å². The second kappa shape index (κ2) is 5.46. The first-order chi connectivity index (χ1) is 7.41. The van der Waals surface area contributed by atoms with E-state index < -0.39 is 5.92 Å². The summed E-state index contributed by atoms with van der Waals surface area (Å²) in [5.74, 6) is -0.893. The minimum absolute atomic E-state index is 0.140. The third kappa shape index (κ3) is 3.32. The molecular weight excluding hydrogens is 247 g/mol. The third-order valence-corrected chi connectivity index (χ3v) is 3.01. The van der Waals surface area contributed by atoms with Crippen molar-refractivity contribution in [3.63, 3.8) is 0 Å². The van der Waals surface area contributed by atoms with Gasteiger partial charge in [-0.15, -0.1) is 0 Å². The van der Waals surface area contributed by atoms with Gasteiger partial charge in [0, 0.05) is 10.0 Å². The summed E-state index contributed by atoms with van der Waals surface area (Å²) >= 11 is 11.7. The highest BCUT2D eigenvalue weighted by Crippen LogP contribution is 2.23. The van der Waals surface area contributed by atoms with Crippen LogP contribution in [0.25, 0.3) is 0 Å². The quantitative estimate of drug-likeness (QED) is 0.777. The Morgan fingerprint density at radius 1 is 1.19 bits per heavy atom. The summed E-state index contributed by atoms with van der Waals surface area (Å²) in [5.41, 5.74) is 0.765. The molecule has 0 amide bonds. The molecule has 0 aliphatic rings. The first-order valence-corrected chi connectivity index (χ1v) is 5.62. The minimum Gasteiger partial charge on any atom is -0.299 e. The van der Waals surface area contributed by atoms with Crippen molar-refractivity contribution in [2.75, 3.05) is 0 Å². The van der Waals surface area contributed by atoms with E-state index in [9.17, 15) is 9.59 Å². The SMILES string of the molecule is CC(=O)C(Cc1ccc(Cl)cc1Cl)C(C)=O. The van der Waals surface area contributed by atoms with Gasteiger partial charge in [-0.1, -0.05) is 29.3 Å². The molecule has 1 rings (SSSR count). The third-order valence-electron chi connectivity index (χ3n) is 2.42. The zero-order valence-electron chi connectivity index (χ0n) is 9.09. The fourth-order valence-corrected chi connectivity index (χ4v) is 1.97. The summed E-state index contributed by atoms with van der Waals surface area (Å²) in [7, 11) is 0. The molecule has 1 aromatic rings. The number of Topliss-reactive ketones (excluding diaryl/α,β-unsaturated/α-hetero) is 2. The summed E-state index contributed by atoms with van der Waals surface area (Å²) in [6, 6.07) is 5.04. The first kappa shape index (κ1) is 13.2. The summed E-state index contributed by atoms with van der Waals surface area (Å²) in [5, 5.41) is 1.02. The van der Waals surface area contributed by atoms with Crippen LogP contribution in [0.15, 0.2) is 18.2 Å². The van der Waals surface area contributed by atoms with E-state index in [4.69, 9.17) is 23.2 Å². The molecule has 16 heavy (non-hydrogen) atoms. The van der Waals surface area contributed by atoms with Crippen LogP contribution < -0.4 is 0 Å². The van der Waals surface area contributed by atoms with Crippen LogP contribution in [-0.2, 0) is 16.0 Å². The van der Waals surface area contributed by atoms with Gasteiger partial charge in [-0.3, -0.25) is 9.59 Å². The summed E-state index contributed by atoms with van der Waals surface area (Å²) in [4.78, 5) is 22.6. The van der Waals surface area contributed by atoms with Crippen LogP contribution >= 0.6 is 23.2 Å². The number of hydrogen-bond donors (Lipinski definition) is 0. The van der Waals surface area contributed by atoms with Crippen molar-refractivity contribution >= 4 is 34.8 Å². The van der Waals surface area contributed by atoms with Crippen LogP contribution in [0.2, 0.25) is 10.0 Å². The van der Waals surface area contributed by atoms with E-state index in [2.05, 4.69) is 0 Å². The van der Waals surface area contributed by atoms with E-state index in [1.54, 1.807) is 18.2 Å². The van der Waals surface area contributed by atoms with Crippen LogP contribution in [0.5, 0.6) is 0 Å². The van der Waals surface area contributed by atoms with Crippen molar-refractivity contribution in [3.8, 4) is 0 Å². The fraction of sp³-hybridized carbons (Fsp3) is 0.333. The molecule has 2 nitrogen and oxygen atoms in total. The second-order valence-corrected chi connectivity index (χ2v) is 4.56. The summed E-state index contributed by atoms with van der Waals surface area (Å²) in [6.07, 6.45) is 0.334. The number of halogens is 2. The zero-order valence-corrected chi connectivity index (χ0v) is 10.6. The number of rotatable bonds is 4. The lowest BCUT2D eigenvalue weighted by Crippen LogP contribution is -2.22. The van der Waals surface area contributed by atoms with Gasteiger partial charge in [-0.2, -0.15) is 0 Å². The van der Waals surface area contributed by atoms with Crippen molar-refractivity contribution in [2.24, 2.45) is 5.92 Å². The molecular formula is C12H12Cl2O2. The number of carbonyl (C=O) groups excluding carboxylic acids is 2. The van der Waals surface area contributed by atoms with Crippen LogP contribution in [0, 0.1) is 5.92 Å². The number of benzene rings is 1. The molecule has 0 radical (unpaired) electrons. The highest BCUT2D eigenvalue weighted by Gasteiger charge is 2.20. The Hall–Kier alpha value is -0.860. The lowest BCUT2D eigenvalue weighted by atomic mass is 9.93. The Labute approximate surface area is 105 Å².